The first-order chi connectivity index (χ1) is 12.0. The largest absolute Gasteiger partial charge is 0.296 e. The van der Waals surface area contributed by atoms with Gasteiger partial charge in [0.15, 0.2) is 5.82 Å². The van der Waals surface area contributed by atoms with Crippen LogP contribution < -0.4 is 10.3 Å². The predicted octanol–water partition coefficient (Wildman–Crippen LogP) is 1.24. The zero-order valence-electron chi connectivity index (χ0n) is 12.9. The molecule has 8 nitrogen and oxygen atoms in total. The summed E-state index contributed by atoms with van der Waals surface area (Å²) in [7, 11) is -3.52. The van der Waals surface area contributed by atoms with Crippen molar-refractivity contribution >= 4 is 21.6 Å². The average molecular weight is 380 g/mol. The van der Waals surface area contributed by atoms with Crippen LogP contribution in [0.2, 0.25) is 0 Å². The fourth-order valence-corrected chi connectivity index (χ4v) is 2.89. The molecule has 3 aromatic heterocycles. The summed E-state index contributed by atoms with van der Waals surface area (Å²) in [6.45, 7) is 0.0511. The van der Waals surface area contributed by atoms with Gasteiger partial charge < -0.3 is 0 Å². The van der Waals surface area contributed by atoms with Crippen LogP contribution >= 0.6 is 11.6 Å². The molecule has 0 aliphatic rings. The lowest BCUT2D eigenvalue weighted by Gasteiger charge is -2.06. The van der Waals surface area contributed by atoms with E-state index >= 15 is 0 Å². The fourth-order valence-electron chi connectivity index (χ4n) is 2.19. The van der Waals surface area contributed by atoms with Crippen LogP contribution in [0.4, 0.5) is 0 Å². The molecule has 0 unspecified atom stereocenters. The summed E-state index contributed by atoms with van der Waals surface area (Å²) in [6.07, 6.45) is 6.29. The van der Waals surface area contributed by atoms with Crippen LogP contribution in [0.15, 0.2) is 53.8 Å². The highest BCUT2D eigenvalue weighted by molar-refractivity contribution is 7.90. The summed E-state index contributed by atoms with van der Waals surface area (Å²) in [6, 6.07) is 6.79. The highest BCUT2D eigenvalue weighted by atomic mass is 35.5. The molecule has 0 spiro atoms. The SMILES string of the molecule is O=c1c(-c2cccnc2)c[nH]n1-c1cc(CNS(=O)(=O)CCl)ccn1. The second kappa shape index (κ2) is 7.18. The molecule has 0 aromatic carbocycles. The number of pyridine rings is 2. The van der Waals surface area contributed by atoms with Crippen molar-refractivity contribution in [2.75, 3.05) is 5.21 Å². The number of nitrogens with zero attached hydrogens (tertiary/aromatic N) is 3. The zero-order chi connectivity index (χ0) is 17.9. The Hall–Kier alpha value is -2.49. The lowest BCUT2D eigenvalue weighted by atomic mass is 10.2. The Morgan fingerprint density at radius 2 is 2.12 bits per heavy atom. The third-order valence-corrected chi connectivity index (χ3v) is 5.16. The van der Waals surface area contributed by atoms with Crippen molar-refractivity contribution in [1.82, 2.24) is 24.5 Å². The van der Waals surface area contributed by atoms with E-state index in [0.717, 1.165) is 0 Å². The summed E-state index contributed by atoms with van der Waals surface area (Å²) in [4.78, 5) is 20.7. The van der Waals surface area contributed by atoms with Gasteiger partial charge >= 0.3 is 0 Å². The minimum absolute atomic E-state index is 0.0511. The molecule has 2 N–H and O–H groups in total. The Morgan fingerprint density at radius 1 is 1.28 bits per heavy atom. The van der Waals surface area contributed by atoms with Crippen LogP contribution in [0, 0.1) is 0 Å². The Kier molecular flexibility index (Phi) is 4.98. The van der Waals surface area contributed by atoms with Gasteiger partial charge in [0.1, 0.15) is 5.21 Å². The molecular formula is C15H14ClN5O3S. The van der Waals surface area contributed by atoms with Gasteiger partial charge in [-0.25, -0.2) is 22.8 Å². The van der Waals surface area contributed by atoms with Gasteiger partial charge in [0, 0.05) is 36.9 Å². The molecule has 0 radical (unpaired) electrons. The van der Waals surface area contributed by atoms with Crippen molar-refractivity contribution < 1.29 is 8.42 Å². The lowest BCUT2D eigenvalue weighted by Crippen LogP contribution is -2.24. The molecular weight excluding hydrogens is 366 g/mol. The molecule has 0 bridgehead atoms. The molecule has 0 saturated carbocycles. The standard InChI is InChI=1S/C15H14ClN5O3S/c16-10-25(23,24)20-7-11-3-5-18-14(6-11)21-15(22)13(9-19-21)12-2-1-4-17-8-12/h1-6,8-9,19-20H,7,10H2. The number of H-pyrrole nitrogens is 1. The number of aromatic amines is 1. The van der Waals surface area contributed by atoms with Crippen LogP contribution in [-0.2, 0) is 16.6 Å². The summed E-state index contributed by atoms with van der Waals surface area (Å²) in [5.74, 6) is 0.350. The van der Waals surface area contributed by atoms with E-state index in [9.17, 15) is 13.2 Å². The average Bonchev–Trinajstić information content (AvgIpc) is 3.02. The van der Waals surface area contributed by atoms with E-state index in [1.165, 1.54) is 10.9 Å². The maximum absolute atomic E-state index is 12.6. The number of aromatic nitrogens is 4. The number of halogens is 1. The molecule has 3 aromatic rings. The van der Waals surface area contributed by atoms with E-state index in [1.54, 1.807) is 42.9 Å². The van der Waals surface area contributed by atoms with Crippen molar-refractivity contribution in [2.45, 2.75) is 6.54 Å². The fraction of sp³-hybridized carbons (Fsp3) is 0.133. The number of rotatable bonds is 6. The maximum atomic E-state index is 12.6. The second-order valence-corrected chi connectivity index (χ2v) is 7.53. The minimum Gasteiger partial charge on any atom is -0.296 e. The summed E-state index contributed by atoms with van der Waals surface area (Å²) in [5, 5.41) is 2.34. The first kappa shape index (κ1) is 17.3. The first-order valence-corrected chi connectivity index (χ1v) is 9.38. The van der Waals surface area contributed by atoms with Crippen LogP contribution in [0.1, 0.15) is 5.56 Å². The molecule has 0 fully saturated rings. The van der Waals surface area contributed by atoms with Crippen molar-refractivity contribution in [3.05, 3.63) is 65.0 Å². The Balaban J connectivity index is 1.90. The van der Waals surface area contributed by atoms with Gasteiger partial charge in [-0.2, -0.15) is 0 Å². The molecule has 0 aliphatic heterocycles. The highest BCUT2D eigenvalue weighted by Crippen LogP contribution is 2.14. The van der Waals surface area contributed by atoms with Crippen LogP contribution in [0.3, 0.4) is 0 Å². The Morgan fingerprint density at radius 3 is 2.84 bits per heavy atom. The van der Waals surface area contributed by atoms with Gasteiger partial charge in [0.2, 0.25) is 10.0 Å². The summed E-state index contributed by atoms with van der Waals surface area (Å²) in [5.41, 5.74) is 1.51. The van der Waals surface area contributed by atoms with Gasteiger partial charge in [-0.3, -0.25) is 14.9 Å². The Labute approximate surface area is 148 Å². The van der Waals surface area contributed by atoms with Crippen molar-refractivity contribution in [3.8, 4) is 16.9 Å². The number of alkyl halides is 1. The van der Waals surface area contributed by atoms with Crippen molar-refractivity contribution in [2.24, 2.45) is 0 Å². The van der Waals surface area contributed by atoms with Crippen LogP contribution in [0.25, 0.3) is 16.9 Å². The van der Waals surface area contributed by atoms with Gasteiger partial charge in [-0.1, -0.05) is 6.07 Å². The normalized spacial score (nSPS) is 11.6. The quantitative estimate of drug-likeness (QED) is 0.626. The van der Waals surface area contributed by atoms with Gasteiger partial charge in [-0.05, 0) is 23.8 Å². The van der Waals surface area contributed by atoms with E-state index < -0.39 is 15.2 Å². The first-order valence-electron chi connectivity index (χ1n) is 7.19. The van der Waals surface area contributed by atoms with E-state index in [1.807, 2.05) is 0 Å². The summed E-state index contributed by atoms with van der Waals surface area (Å²) >= 11 is 5.35. The van der Waals surface area contributed by atoms with Gasteiger partial charge in [0.25, 0.3) is 5.56 Å². The monoisotopic (exact) mass is 379 g/mol. The molecule has 10 heteroatoms. The highest BCUT2D eigenvalue weighted by Gasteiger charge is 2.12. The van der Waals surface area contributed by atoms with Gasteiger partial charge in [0.05, 0.1) is 5.56 Å². The zero-order valence-corrected chi connectivity index (χ0v) is 14.5. The molecule has 0 aliphatic carbocycles. The summed E-state index contributed by atoms with van der Waals surface area (Å²) < 4.78 is 26.5. The molecule has 25 heavy (non-hydrogen) atoms. The molecule has 0 atom stereocenters. The van der Waals surface area contributed by atoms with Crippen LogP contribution in [0.5, 0.6) is 0 Å². The molecule has 3 rings (SSSR count). The predicted molar refractivity (Wildman–Crippen MR) is 93.9 cm³/mol. The maximum Gasteiger partial charge on any atom is 0.280 e. The van der Waals surface area contributed by atoms with E-state index in [-0.39, 0.29) is 12.1 Å². The van der Waals surface area contributed by atoms with E-state index in [2.05, 4.69) is 19.8 Å². The topological polar surface area (TPSA) is 110 Å². The lowest BCUT2D eigenvalue weighted by molar-refractivity contribution is 0.586. The molecule has 3 heterocycles. The van der Waals surface area contributed by atoms with E-state index in [0.29, 0.717) is 22.5 Å². The number of nitrogens with one attached hydrogen (secondary N) is 2. The smallest absolute Gasteiger partial charge is 0.280 e. The van der Waals surface area contributed by atoms with E-state index in [4.69, 9.17) is 11.6 Å². The molecule has 0 saturated heterocycles. The van der Waals surface area contributed by atoms with Crippen molar-refractivity contribution in [3.63, 3.8) is 0 Å². The molecule has 0 amide bonds. The minimum atomic E-state index is -3.52. The van der Waals surface area contributed by atoms with Crippen molar-refractivity contribution in [1.29, 1.82) is 0 Å². The Bertz CT molecular complexity index is 1030. The van der Waals surface area contributed by atoms with Crippen LogP contribution in [-0.4, -0.2) is 33.4 Å². The second-order valence-electron chi connectivity index (χ2n) is 5.14. The number of sulfonamides is 1. The third kappa shape index (κ3) is 3.95. The molecule has 130 valence electrons. The number of hydrogen-bond acceptors (Lipinski definition) is 5. The third-order valence-electron chi connectivity index (χ3n) is 3.42. The number of hydrogen-bond donors (Lipinski definition) is 2. The van der Waals surface area contributed by atoms with Gasteiger partial charge in [-0.15, -0.1) is 11.6 Å².